The largest absolute Gasteiger partial charge is 0.461 e. The normalized spacial score (nSPS) is 9.77. The van der Waals surface area contributed by atoms with E-state index in [9.17, 15) is 4.79 Å². The zero-order valence-corrected chi connectivity index (χ0v) is 10.2. The maximum Gasteiger partial charge on any atom is 0.302 e. The lowest BCUT2D eigenvalue weighted by Crippen LogP contribution is -1.98. The average Bonchev–Trinajstić information content (AvgIpc) is 1.99. The maximum absolute atomic E-state index is 10.5. The molecule has 0 N–H and O–H groups in total. The summed E-state index contributed by atoms with van der Waals surface area (Å²) >= 11 is 6.70. The predicted octanol–water partition coefficient (Wildman–Crippen LogP) is 3.27. The standard InChI is InChI=1S/C9H8Br2O2/c1-6(12)13-5-7-2-8(10)4-9(11)3-7/h2-4H,5H2,1H3. The van der Waals surface area contributed by atoms with E-state index >= 15 is 0 Å². The molecule has 1 aromatic rings. The van der Waals surface area contributed by atoms with Gasteiger partial charge in [0, 0.05) is 15.9 Å². The average molecular weight is 308 g/mol. The minimum Gasteiger partial charge on any atom is -0.461 e. The van der Waals surface area contributed by atoms with Crippen molar-refractivity contribution in [3.05, 3.63) is 32.7 Å². The van der Waals surface area contributed by atoms with Crippen LogP contribution in [0.15, 0.2) is 27.1 Å². The molecule has 0 saturated carbocycles. The Labute approximate surface area is 93.5 Å². The van der Waals surface area contributed by atoms with Crippen LogP contribution in [0, 0.1) is 0 Å². The van der Waals surface area contributed by atoms with Crippen molar-refractivity contribution in [2.45, 2.75) is 13.5 Å². The third kappa shape index (κ3) is 3.91. The number of carbonyl (C=O) groups is 1. The molecule has 0 unspecified atom stereocenters. The molecule has 0 heterocycles. The SMILES string of the molecule is CC(=O)OCc1cc(Br)cc(Br)c1. The fraction of sp³-hybridized carbons (Fsp3) is 0.222. The van der Waals surface area contributed by atoms with Crippen LogP contribution in [0.5, 0.6) is 0 Å². The van der Waals surface area contributed by atoms with Crippen molar-refractivity contribution in [1.82, 2.24) is 0 Å². The van der Waals surface area contributed by atoms with Crippen molar-refractivity contribution in [2.24, 2.45) is 0 Å². The Morgan fingerprint density at radius 3 is 2.31 bits per heavy atom. The number of carbonyl (C=O) groups excluding carboxylic acids is 1. The fourth-order valence-electron chi connectivity index (χ4n) is 0.879. The third-order valence-electron chi connectivity index (χ3n) is 1.36. The van der Waals surface area contributed by atoms with Crippen LogP contribution in [-0.4, -0.2) is 5.97 Å². The molecule has 13 heavy (non-hydrogen) atoms. The Hall–Kier alpha value is -0.350. The van der Waals surface area contributed by atoms with E-state index in [1.807, 2.05) is 18.2 Å². The summed E-state index contributed by atoms with van der Waals surface area (Å²) in [6, 6.07) is 5.75. The van der Waals surface area contributed by atoms with Crippen molar-refractivity contribution in [1.29, 1.82) is 0 Å². The van der Waals surface area contributed by atoms with Gasteiger partial charge in [-0.05, 0) is 23.8 Å². The van der Waals surface area contributed by atoms with Gasteiger partial charge >= 0.3 is 5.97 Å². The van der Waals surface area contributed by atoms with Gasteiger partial charge in [0.25, 0.3) is 0 Å². The van der Waals surface area contributed by atoms with E-state index in [1.54, 1.807) is 0 Å². The molecule has 0 aliphatic carbocycles. The van der Waals surface area contributed by atoms with Gasteiger partial charge in [0.1, 0.15) is 6.61 Å². The number of hydrogen-bond acceptors (Lipinski definition) is 2. The molecule has 0 fully saturated rings. The van der Waals surface area contributed by atoms with E-state index in [2.05, 4.69) is 31.9 Å². The lowest BCUT2D eigenvalue weighted by Gasteiger charge is -2.03. The van der Waals surface area contributed by atoms with Gasteiger partial charge in [-0.1, -0.05) is 31.9 Å². The Kier molecular flexibility index (Phi) is 3.93. The number of halogens is 2. The van der Waals surface area contributed by atoms with Crippen LogP contribution in [0.25, 0.3) is 0 Å². The molecule has 0 aromatic heterocycles. The molecule has 0 atom stereocenters. The van der Waals surface area contributed by atoms with Gasteiger partial charge in [-0.15, -0.1) is 0 Å². The van der Waals surface area contributed by atoms with Gasteiger partial charge < -0.3 is 4.74 Å². The highest BCUT2D eigenvalue weighted by atomic mass is 79.9. The summed E-state index contributed by atoms with van der Waals surface area (Å²) in [4.78, 5) is 10.5. The molecule has 0 saturated heterocycles. The molecule has 0 radical (unpaired) electrons. The molecule has 70 valence electrons. The van der Waals surface area contributed by atoms with E-state index in [-0.39, 0.29) is 5.97 Å². The highest BCUT2D eigenvalue weighted by Crippen LogP contribution is 2.20. The van der Waals surface area contributed by atoms with Crippen molar-refractivity contribution < 1.29 is 9.53 Å². The molecule has 2 nitrogen and oxygen atoms in total. The van der Waals surface area contributed by atoms with E-state index in [4.69, 9.17) is 4.74 Å². The zero-order chi connectivity index (χ0) is 9.84. The Balaban J connectivity index is 2.71. The minimum atomic E-state index is -0.268. The highest BCUT2D eigenvalue weighted by molar-refractivity contribution is 9.11. The van der Waals surface area contributed by atoms with Crippen LogP contribution in [0.2, 0.25) is 0 Å². The summed E-state index contributed by atoms with van der Waals surface area (Å²) in [6.07, 6.45) is 0. The van der Waals surface area contributed by atoms with E-state index in [0.717, 1.165) is 14.5 Å². The van der Waals surface area contributed by atoms with Gasteiger partial charge in [-0.3, -0.25) is 4.79 Å². The molecule has 0 bridgehead atoms. The van der Waals surface area contributed by atoms with Crippen LogP contribution >= 0.6 is 31.9 Å². The smallest absolute Gasteiger partial charge is 0.302 e. The minimum absolute atomic E-state index is 0.268. The van der Waals surface area contributed by atoms with Gasteiger partial charge in [0.05, 0.1) is 0 Å². The summed E-state index contributed by atoms with van der Waals surface area (Å²) in [5.74, 6) is -0.268. The molecular weight excluding hydrogens is 300 g/mol. The van der Waals surface area contributed by atoms with Crippen molar-refractivity contribution in [3.63, 3.8) is 0 Å². The topological polar surface area (TPSA) is 26.3 Å². The first-order valence-corrected chi connectivity index (χ1v) is 5.25. The van der Waals surface area contributed by atoms with Crippen LogP contribution in [0.4, 0.5) is 0 Å². The molecule has 4 heteroatoms. The molecule has 0 spiro atoms. The predicted molar refractivity (Wildman–Crippen MR) is 57.3 cm³/mol. The number of rotatable bonds is 2. The van der Waals surface area contributed by atoms with Gasteiger partial charge in [-0.2, -0.15) is 0 Å². The van der Waals surface area contributed by atoms with Crippen molar-refractivity contribution in [3.8, 4) is 0 Å². The molecule has 1 aromatic carbocycles. The van der Waals surface area contributed by atoms with Crippen LogP contribution in [0.1, 0.15) is 12.5 Å². The Morgan fingerprint density at radius 1 is 1.31 bits per heavy atom. The lowest BCUT2D eigenvalue weighted by molar-refractivity contribution is -0.142. The maximum atomic E-state index is 10.5. The first-order chi connectivity index (χ1) is 6.08. The summed E-state index contributed by atoms with van der Waals surface area (Å²) in [6.45, 7) is 1.71. The first kappa shape index (κ1) is 10.7. The van der Waals surface area contributed by atoms with Gasteiger partial charge in [0.15, 0.2) is 0 Å². The zero-order valence-electron chi connectivity index (χ0n) is 7.01. The second kappa shape index (κ2) is 4.77. The van der Waals surface area contributed by atoms with Crippen LogP contribution in [0.3, 0.4) is 0 Å². The quantitative estimate of drug-likeness (QED) is 0.784. The fourth-order valence-corrected chi connectivity index (χ4v) is 2.27. The molecule has 0 amide bonds. The number of esters is 1. The monoisotopic (exact) mass is 306 g/mol. The number of ether oxygens (including phenoxy) is 1. The van der Waals surface area contributed by atoms with Gasteiger partial charge in [0.2, 0.25) is 0 Å². The van der Waals surface area contributed by atoms with E-state index in [1.165, 1.54) is 6.92 Å². The van der Waals surface area contributed by atoms with Crippen LogP contribution < -0.4 is 0 Å². The van der Waals surface area contributed by atoms with Crippen molar-refractivity contribution in [2.75, 3.05) is 0 Å². The van der Waals surface area contributed by atoms with E-state index in [0.29, 0.717) is 6.61 Å². The molecule has 0 aliphatic rings. The van der Waals surface area contributed by atoms with Gasteiger partial charge in [-0.25, -0.2) is 0 Å². The summed E-state index contributed by atoms with van der Waals surface area (Å²) in [5.41, 5.74) is 0.955. The highest BCUT2D eigenvalue weighted by Gasteiger charge is 1.99. The first-order valence-electron chi connectivity index (χ1n) is 3.66. The Bertz CT molecular complexity index is 303. The summed E-state index contributed by atoms with van der Waals surface area (Å²) in [7, 11) is 0. The second-order valence-corrected chi connectivity index (χ2v) is 4.39. The third-order valence-corrected chi connectivity index (χ3v) is 2.28. The summed E-state index contributed by atoms with van der Waals surface area (Å²) in [5, 5.41) is 0. The number of benzene rings is 1. The summed E-state index contributed by atoms with van der Waals surface area (Å²) < 4.78 is 6.78. The lowest BCUT2D eigenvalue weighted by atomic mass is 10.2. The molecular formula is C9H8Br2O2. The number of hydrogen-bond donors (Lipinski definition) is 0. The molecule has 0 aliphatic heterocycles. The van der Waals surface area contributed by atoms with Crippen molar-refractivity contribution >= 4 is 37.8 Å². The molecule has 1 rings (SSSR count). The van der Waals surface area contributed by atoms with Crippen LogP contribution in [-0.2, 0) is 16.1 Å². The van der Waals surface area contributed by atoms with E-state index < -0.39 is 0 Å². The second-order valence-electron chi connectivity index (χ2n) is 2.56. The Morgan fingerprint density at radius 2 is 1.85 bits per heavy atom.